The summed E-state index contributed by atoms with van der Waals surface area (Å²) in [5, 5.41) is 11.2. The summed E-state index contributed by atoms with van der Waals surface area (Å²) in [5.74, 6) is -6.22. The molecule has 13 nitrogen and oxygen atoms in total. The van der Waals surface area contributed by atoms with Gasteiger partial charge in [0.1, 0.15) is 12.1 Å². The number of unbranched alkanes of at least 4 members (excludes halogenated alkanes) is 1. The molecule has 0 radical (unpaired) electrons. The number of nitrogens with one attached hydrogen (secondary N) is 4. The van der Waals surface area contributed by atoms with Crippen LogP contribution in [0, 0.1) is 22.7 Å². The number of alkyl halides is 2. The number of urea groups is 1. The van der Waals surface area contributed by atoms with Gasteiger partial charge < -0.3 is 26.2 Å². The number of hydrogen-bond donors (Lipinski definition) is 4. The van der Waals surface area contributed by atoms with Crippen LogP contribution in [0.4, 0.5) is 13.6 Å². The first kappa shape index (κ1) is 39.3. The maximum Gasteiger partial charge on any atom is 0.315 e. The molecule has 5 rings (SSSR count). The van der Waals surface area contributed by atoms with Gasteiger partial charge in [0.15, 0.2) is 0 Å². The van der Waals surface area contributed by atoms with E-state index in [2.05, 4.69) is 21.3 Å². The Morgan fingerprint density at radius 3 is 2.14 bits per heavy atom. The van der Waals surface area contributed by atoms with Crippen molar-refractivity contribution < 1.29 is 41.2 Å². The topological polar surface area (TPSA) is 174 Å². The normalized spacial score (nSPS) is 27.6. The van der Waals surface area contributed by atoms with Crippen LogP contribution in [0.5, 0.6) is 0 Å². The number of amides is 5. The molecule has 0 aromatic carbocycles. The predicted molar refractivity (Wildman–Crippen MR) is 185 cm³/mol. The van der Waals surface area contributed by atoms with E-state index in [1.54, 1.807) is 20.8 Å². The Labute approximate surface area is 300 Å². The van der Waals surface area contributed by atoms with Crippen LogP contribution < -0.4 is 21.3 Å². The maximum atomic E-state index is 14.4. The molecule has 5 fully saturated rings. The Hall–Kier alpha value is -2.88. The Kier molecular flexibility index (Phi) is 10.9. The fourth-order valence-corrected chi connectivity index (χ4v) is 10.3. The quantitative estimate of drug-likeness (QED) is 0.198. The van der Waals surface area contributed by atoms with Gasteiger partial charge in [-0.1, -0.05) is 73.6 Å². The number of nitrogens with zero attached hydrogens (tertiary/aromatic N) is 2. The van der Waals surface area contributed by atoms with Crippen molar-refractivity contribution in [3.63, 3.8) is 0 Å². The number of Topliss-reactive ketones (excluding diaryl/α,β-unsaturated/α-hetero) is 1. The van der Waals surface area contributed by atoms with Crippen molar-refractivity contribution in [2.75, 3.05) is 25.4 Å². The van der Waals surface area contributed by atoms with E-state index in [9.17, 15) is 41.2 Å². The minimum atomic E-state index is -4.10. The average molecular weight is 743 g/mol. The Morgan fingerprint density at radius 2 is 1.59 bits per heavy atom. The molecule has 5 amide bonds. The molecule has 2 saturated heterocycles. The molecular formula is C35H56F2N6O7S. The fraction of sp³-hybridized carbons (Fsp3) is 0.857. The van der Waals surface area contributed by atoms with Crippen LogP contribution >= 0.6 is 0 Å². The fourth-order valence-electron chi connectivity index (χ4n) is 8.25. The van der Waals surface area contributed by atoms with Crippen molar-refractivity contribution in [2.24, 2.45) is 22.7 Å². The minimum absolute atomic E-state index is 0.0131. The van der Waals surface area contributed by atoms with E-state index in [1.165, 1.54) is 4.90 Å². The van der Waals surface area contributed by atoms with Crippen LogP contribution in [0.25, 0.3) is 0 Å². The summed E-state index contributed by atoms with van der Waals surface area (Å²) in [6.07, 6.45) is 6.04. The van der Waals surface area contributed by atoms with E-state index in [-0.39, 0.29) is 36.3 Å². The van der Waals surface area contributed by atoms with Crippen LogP contribution in [-0.4, -0.2) is 108 Å². The van der Waals surface area contributed by atoms with Crippen LogP contribution in [0.15, 0.2) is 0 Å². The predicted octanol–water partition coefficient (Wildman–Crippen LogP) is 2.69. The van der Waals surface area contributed by atoms with E-state index < -0.39 is 93.4 Å². The first-order chi connectivity index (χ1) is 23.6. The lowest BCUT2D eigenvalue weighted by atomic mass is 9.83. The average Bonchev–Trinajstić information content (AvgIpc) is 3.86. The van der Waals surface area contributed by atoms with Crippen molar-refractivity contribution in [1.29, 1.82) is 0 Å². The van der Waals surface area contributed by atoms with E-state index in [1.807, 2.05) is 20.8 Å². The number of piperidine rings is 1. The smallest absolute Gasteiger partial charge is 0.315 e. The standard InChI is InChI=1S/C35H56F2N6O7S/c1-7-8-12-23(26(44)29(46)38-21-13-14-21)39-28(45)25-24-22(33(24,5)6)17-43(25)30(47)27(32(2,3)4)40-31(48)41-34(15-10-9-11-16-34)20-51(49,50)42-18-35(36,37)19-42/h21-25,27H,7-20H2,1-6H3,(H,38,46)(H,39,45)(H2,40,41,48)/t22-,23-,24-,25-,27+/m0/s1. The highest BCUT2D eigenvalue weighted by atomic mass is 32.2. The van der Waals surface area contributed by atoms with Gasteiger partial charge >= 0.3 is 6.03 Å². The second kappa shape index (κ2) is 14.2. The molecule has 16 heteroatoms. The van der Waals surface area contributed by atoms with E-state index in [4.69, 9.17) is 0 Å². The molecule has 3 saturated carbocycles. The minimum Gasteiger partial charge on any atom is -0.347 e. The molecule has 0 unspecified atom stereocenters. The molecule has 2 aliphatic heterocycles. The summed E-state index contributed by atoms with van der Waals surface area (Å²) in [6, 6.07) is -3.87. The van der Waals surface area contributed by atoms with Gasteiger partial charge in [-0.2, -0.15) is 4.31 Å². The Bertz CT molecular complexity index is 1500. The highest BCUT2D eigenvalue weighted by Crippen LogP contribution is 2.65. The van der Waals surface area contributed by atoms with Crippen molar-refractivity contribution in [2.45, 2.75) is 141 Å². The van der Waals surface area contributed by atoms with Gasteiger partial charge in [0.05, 0.1) is 30.4 Å². The number of fused-ring (bicyclic) bond motifs is 1. The highest BCUT2D eigenvalue weighted by Gasteiger charge is 2.70. The maximum absolute atomic E-state index is 14.4. The van der Waals surface area contributed by atoms with E-state index in [0.717, 1.165) is 30.0 Å². The molecule has 0 spiro atoms. The molecule has 288 valence electrons. The second-order valence-corrected chi connectivity index (χ2v) is 19.3. The van der Waals surface area contributed by atoms with Crippen LogP contribution in [-0.2, 0) is 29.2 Å². The SMILES string of the molecule is CCCC[C@H](NC(=O)[C@@H]1[C@@H]2[C@H](CN1C(=O)[C@@H](NC(=O)NC1(CS(=O)(=O)N3CC(F)(F)C3)CCCCC1)C(C)(C)C)C2(C)C)C(=O)C(=O)NC1CC1. The zero-order chi connectivity index (χ0) is 37.7. The van der Waals surface area contributed by atoms with E-state index >= 15 is 0 Å². The Balaban J connectivity index is 1.32. The van der Waals surface area contributed by atoms with Gasteiger partial charge in [-0.25, -0.2) is 22.0 Å². The first-order valence-electron chi connectivity index (χ1n) is 18.5. The lowest BCUT2D eigenvalue weighted by molar-refractivity contribution is -0.145. The largest absolute Gasteiger partial charge is 0.347 e. The number of ketones is 1. The molecule has 4 N–H and O–H groups in total. The summed E-state index contributed by atoms with van der Waals surface area (Å²) in [5.41, 5.74) is -2.29. The molecular weight excluding hydrogens is 686 g/mol. The van der Waals surface area contributed by atoms with Crippen molar-refractivity contribution in [1.82, 2.24) is 30.5 Å². The van der Waals surface area contributed by atoms with Crippen LogP contribution in [0.3, 0.4) is 0 Å². The zero-order valence-electron chi connectivity index (χ0n) is 30.8. The van der Waals surface area contributed by atoms with Crippen molar-refractivity contribution in [3.05, 3.63) is 0 Å². The molecule has 51 heavy (non-hydrogen) atoms. The number of sulfonamides is 1. The van der Waals surface area contributed by atoms with Gasteiger partial charge in [-0.3, -0.25) is 19.2 Å². The molecule has 0 bridgehead atoms. The number of halogens is 2. The third-order valence-corrected chi connectivity index (χ3v) is 13.6. The van der Waals surface area contributed by atoms with Gasteiger partial charge in [0, 0.05) is 12.6 Å². The lowest BCUT2D eigenvalue weighted by Gasteiger charge is -2.43. The molecule has 5 aliphatic rings. The van der Waals surface area contributed by atoms with Gasteiger partial charge in [-0.15, -0.1) is 0 Å². The lowest BCUT2D eigenvalue weighted by Crippen LogP contribution is -2.65. The third kappa shape index (κ3) is 8.68. The van der Waals surface area contributed by atoms with E-state index in [0.29, 0.717) is 32.1 Å². The number of rotatable bonds is 14. The summed E-state index contributed by atoms with van der Waals surface area (Å²) < 4.78 is 54.1. The molecule has 2 heterocycles. The summed E-state index contributed by atoms with van der Waals surface area (Å²) in [7, 11) is -4.10. The summed E-state index contributed by atoms with van der Waals surface area (Å²) in [6.45, 7) is 9.81. The van der Waals surface area contributed by atoms with Gasteiger partial charge in [0.2, 0.25) is 27.6 Å². The monoisotopic (exact) mass is 742 g/mol. The van der Waals surface area contributed by atoms with Crippen LogP contribution in [0.2, 0.25) is 0 Å². The highest BCUT2D eigenvalue weighted by molar-refractivity contribution is 7.89. The zero-order valence-corrected chi connectivity index (χ0v) is 31.6. The molecule has 0 aromatic heterocycles. The Morgan fingerprint density at radius 1 is 0.961 bits per heavy atom. The summed E-state index contributed by atoms with van der Waals surface area (Å²) >= 11 is 0. The number of hydrogen-bond acceptors (Lipinski definition) is 7. The molecule has 5 atom stereocenters. The third-order valence-electron chi connectivity index (χ3n) is 11.6. The number of carbonyl (C=O) groups is 5. The van der Waals surface area contributed by atoms with Crippen LogP contribution in [0.1, 0.15) is 106 Å². The summed E-state index contributed by atoms with van der Waals surface area (Å²) in [4.78, 5) is 69.6. The first-order valence-corrected chi connectivity index (χ1v) is 20.1. The molecule has 3 aliphatic carbocycles. The van der Waals surface area contributed by atoms with Crippen molar-refractivity contribution >= 4 is 39.6 Å². The molecule has 0 aromatic rings. The van der Waals surface area contributed by atoms with Gasteiger partial charge in [0.25, 0.3) is 11.8 Å². The van der Waals surface area contributed by atoms with Crippen molar-refractivity contribution in [3.8, 4) is 0 Å². The number of likely N-dealkylation sites (tertiary alicyclic amines) is 1. The second-order valence-electron chi connectivity index (χ2n) is 17.3. The van der Waals surface area contributed by atoms with Gasteiger partial charge in [-0.05, 0) is 54.8 Å². The number of carbonyl (C=O) groups excluding carboxylic acids is 5.